The predicted octanol–water partition coefficient (Wildman–Crippen LogP) is 2.78. The van der Waals surface area contributed by atoms with E-state index in [1.165, 1.54) is 0 Å². The lowest BCUT2D eigenvalue weighted by molar-refractivity contribution is 0.215. The van der Waals surface area contributed by atoms with Gasteiger partial charge in [-0.05, 0) is 24.7 Å². The van der Waals surface area contributed by atoms with E-state index in [1.54, 1.807) is 0 Å². The minimum absolute atomic E-state index is 0.366. The molecule has 1 fully saturated rings. The van der Waals surface area contributed by atoms with Crippen molar-refractivity contribution >= 4 is 0 Å². The lowest BCUT2D eigenvalue weighted by atomic mass is 9.93. The summed E-state index contributed by atoms with van der Waals surface area (Å²) in [6.07, 6.45) is 2.52. The molecule has 0 N–H and O–H groups in total. The van der Waals surface area contributed by atoms with Gasteiger partial charge in [-0.1, -0.05) is 20.3 Å². The van der Waals surface area contributed by atoms with Crippen molar-refractivity contribution in [3.05, 3.63) is 0 Å². The summed E-state index contributed by atoms with van der Waals surface area (Å²) in [6, 6.07) is 0. The van der Waals surface area contributed by atoms with Crippen molar-refractivity contribution in [2.75, 3.05) is 0 Å². The van der Waals surface area contributed by atoms with Crippen LogP contribution < -0.4 is 0 Å². The average molecular weight is 130 g/mol. The first-order chi connectivity index (χ1) is 4.22. The summed E-state index contributed by atoms with van der Waals surface area (Å²) >= 11 is 0. The largest absolute Gasteiger partial charge is 0.247 e. The Hall–Kier alpha value is -0.0700. The van der Waals surface area contributed by atoms with Gasteiger partial charge in [-0.25, -0.2) is 4.39 Å². The summed E-state index contributed by atoms with van der Waals surface area (Å²) in [5.74, 6) is 0.910. The van der Waals surface area contributed by atoms with Crippen LogP contribution in [-0.4, -0.2) is 6.17 Å². The number of alkyl halides is 1. The first-order valence-corrected chi connectivity index (χ1v) is 3.86. The zero-order valence-corrected chi connectivity index (χ0v) is 6.23. The summed E-state index contributed by atoms with van der Waals surface area (Å²) in [4.78, 5) is 0. The predicted molar refractivity (Wildman–Crippen MR) is 37.1 cm³/mol. The van der Waals surface area contributed by atoms with Crippen LogP contribution in [0.1, 0.15) is 33.1 Å². The van der Waals surface area contributed by atoms with Gasteiger partial charge in [0.05, 0.1) is 0 Å². The maximum absolute atomic E-state index is 12.8. The van der Waals surface area contributed by atoms with Crippen molar-refractivity contribution in [1.29, 1.82) is 0 Å². The molecule has 1 aliphatic carbocycles. The Labute approximate surface area is 56.5 Å². The highest BCUT2D eigenvalue weighted by Crippen LogP contribution is 2.33. The van der Waals surface area contributed by atoms with Crippen molar-refractivity contribution in [3.8, 4) is 0 Å². The van der Waals surface area contributed by atoms with Gasteiger partial charge >= 0.3 is 0 Å². The third kappa shape index (κ3) is 1.44. The highest BCUT2D eigenvalue weighted by molar-refractivity contribution is 4.78. The smallest absolute Gasteiger partial charge is 0.103 e. The van der Waals surface area contributed by atoms with Gasteiger partial charge in [0.15, 0.2) is 0 Å². The van der Waals surface area contributed by atoms with Crippen LogP contribution in [0.5, 0.6) is 0 Å². The Bertz CT molecular complexity index is 88.6. The van der Waals surface area contributed by atoms with Crippen molar-refractivity contribution < 1.29 is 4.39 Å². The standard InChI is InChI=1S/C8H15F/c1-6(2)7-4-3-5-8(7)9/h6-8H,3-5H2,1-2H3/t7-,8+/m0/s1. The molecule has 1 heteroatoms. The van der Waals surface area contributed by atoms with Gasteiger partial charge in [-0.2, -0.15) is 0 Å². The van der Waals surface area contributed by atoms with Crippen molar-refractivity contribution in [2.24, 2.45) is 11.8 Å². The molecule has 0 spiro atoms. The second-order valence-corrected chi connectivity index (χ2v) is 3.35. The van der Waals surface area contributed by atoms with Crippen LogP contribution in [-0.2, 0) is 0 Å². The highest BCUT2D eigenvalue weighted by Gasteiger charge is 2.28. The maximum Gasteiger partial charge on any atom is 0.103 e. The van der Waals surface area contributed by atoms with Gasteiger partial charge in [0, 0.05) is 0 Å². The summed E-state index contributed by atoms with van der Waals surface area (Å²) in [5, 5.41) is 0. The molecule has 0 unspecified atom stereocenters. The number of halogens is 1. The van der Waals surface area contributed by atoms with Crippen molar-refractivity contribution in [3.63, 3.8) is 0 Å². The molecule has 0 bridgehead atoms. The molecule has 0 amide bonds. The molecule has 0 nitrogen and oxygen atoms in total. The van der Waals surface area contributed by atoms with E-state index in [2.05, 4.69) is 13.8 Å². The molecule has 0 aromatic heterocycles. The fourth-order valence-corrected chi connectivity index (χ4v) is 1.69. The fourth-order valence-electron chi connectivity index (χ4n) is 1.69. The molecule has 0 saturated heterocycles. The molecule has 9 heavy (non-hydrogen) atoms. The van der Waals surface area contributed by atoms with Crippen LogP contribution in [0.3, 0.4) is 0 Å². The molecule has 1 rings (SSSR count). The number of hydrogen-bond acceptors (Lipinski definition) is 0. The normalized spacial score (nSPS) is 36.0. The zero-order valence-electron chi connectivity index (χ0n) is 6.23. The second kappa shape index (κ2) is 2.68. The third-order valence-electron chi connectivity index (χ3n) is 2.34. The summed E-state index contributed by atoms with van der Waals surface area (Å²) in [5.41, 5.74) is 0. The van der Waals surface area contributed by atoms with Crippen LogP contribution in [0, 0.1) is 11.8 Å². The average Bonchev–Trinajstić information content (AvgIpc) is 2.13. The molecule has 0 aromatic carbocycles. The molecule has 2 atom stereocenters. The van der Waals surface area contributed by atoms with Gasteiger partial charge < -0.3 is 0 Å². The van der Waals surface area contributed by atoms with Crippen LogP contribution in [0.4, 0.5) is 4.39 Å². The Morgan fingerprint density at radius 1 is 1.33 bits per heavy atom. The van der Waals surface area contributed by atoms with Crippen molar-refractivity contribution in [2.45, 2.75) is 39.3 Å². The molecule has 54 valence electrons. The number of hydrogen-bond donors (Lipinski definition) is 0. The van der Waals surface area contributed by atoms with Crippen LogP contribution >= 0.6 is 0 Å². The van der Waals surface area contributed by atoms with E-state index in [-0.39, 0.29) is 0 Å². The van der Waals surface area contributed by atoms with Gasteiger partial charge in [0.25, 0.3) is 0 Å². The molecule has 1 saturated carbocycles. The minimum atomic E-state index is -0.495. The third-order valence-corrected chi connectivity index (χ3v) is 2.34. The van der Waals surface area contributed by atoms with Gasteiger partial charge in [-0.15, -0.1) is 0 Å². The molecule has 0 aromatic rings. The maximum atomic E-state index is 12.8. The van der Waals surface area contributed by atoms with Crippen molar-refractivity contribution in [1.82, 2.24) is 0 Å². The van der Waals surface area contributed by atoms with Gasteiger partial charge in [0.2, 0.25) is 0 Å². The molecule has 0 heterocycles. The first-order valence-electron chi connectivity index (χ1n) is 3.86. The number of rotatable bonds is 1. The second-order valence-electron chi connectivity index (χ2n) is 3.35. The summed E-state index contributed by atoms with van der Waals surface area (Å²) in [7, 11) is 0. The first kappa shape index (κ1) is 7.04. The monoisotopic (exact) mass is 130 g/mol. The molecule has 0 aliphatic heterocycles. The van der Waals surface area contributed by atoms with E-state index in [1.807, 2.05) is 0 Å². The van der Waals surface area contributed by atoms with E-state index in [0.717, 1.165) is 19.3 Å². The summed E-state index contributed by atoms with van der Waals surface area (Å²) in [6.45, 7) is 4.23. The molecule has 1 aliphatic rings. The molecular formula is C8H15F. The van der Waals surface area contributed by atoms with Gasteiger partial charge in [0.1, 0.15) is 6.17 Å². The SMILES string of the molecule is CC(C)[C@@H]1CCC[C@H]1F. The van der Waals surface area contributed by atoms with Gasteiger partial charge in [-0.3, -0.25) is 0 Å². The lowest BCUT2D eigenvalue weighted by Crippen LogP contribution is -2.14. The highest BCUT2D eigenvalue weighted by atomic mass is 19.1. The zero-order chi connectivity index (χ0) is 6.85. The Balaban J connectivity index is 2.40. The van der Waals surface area contributed by atoms with E-state index >= 15 is 0 Å². The van der Waals surface area contributed by atoms with E-state index in [9.17, 15) is 4.39 Å². The van der Waals surface area contributed by atoms with E-state index in [4.69, 9.17) is 0 Å². The Morgan fingerprint density at radius 3 is 2.22 bits per heavy atom. The van der Waals surface area contributed by atoms with E-state index in [0.29, 0.717) is 11.8 Å². The lowest BCUT2D eigenvalue weighted by Gasteiger charge is -2.15. The molecular weight excluding hydrogens is 115 g/mol. The Kier molecular flexibility index (Phi) is 2.09. The summed E-state index contributed by atoms with van der Waals surface area (Å²) < 4.78 is 12.8. The topological polar surface area (TPSA) is 0 Å². The quantitative estimate of drug-likeness (QED) is 0.512. The van der Waals surface area contributed by atoms with Crippen LogP contribution in [0.2, 0.25) is 0 Å². The van der Waals surface area contributed by atoms with E-state index < -0.39 is 6.17 Å². The Morgan fingerprint density at radius 2 is 2.00 bits per heavy atom. The van der Waals surface area contributed by atoms with Crippen LogP contribution in [0.15, 0.2) is 0 Å². The minimum Gasteiger partial charge on any atom is -0.247 e. The van der Waals surface area contributed by atoms with Crippen LogP contribution in [0.25, 0.3) is 0 Å². The molecule has 0 radical (unpaired) electrons. The fraction of sp³-hybridized carbons (Fsp3) is 1.00.